The molecule has 0 aliphatic heterocycles. The molecular weight excluding hydrogens is 456 g/mol. The molecular formula is C25H25BrN2O3. The van der Waals surface area contributed by atoms with Crippen molar-refractivity contribution in [3.63, 3.8) is 0 Å². The second-order valence-electron chi connectivity index (χ2n) is 7.06. The molecule has 0 aliphatic carbocycles. The molecule has 0 heterocycles. The Morgan fingerprint density at radius 1 is 0.935 bits per heavy atom. The van der Waals surface area contributed by atoms with E-state index in [9.17, 15) is 9.59 Å². The molecule has 0 unspecified atom stereocenters. The van der Waals surface area contributed by atoms with E-state index in [0.717, 1.165) is 16.5 Å². The van der Waals surface area contributed by atoms with Crippen LogP contribution in [0, 0.1) is 6.92 Å². The van der Waals surface area contributed by atoms with Gasteiger partial charge in [-0.1, -0.05) is 59.3 Å². The van der Waals surface area contributed by atoms with Crippen molar-refractivity contribution < 1.29 is 14.3 Å². The molecule has 2 N–H and O–H groups in total. The molecule has 0 spiro atoms. The number of rotatable bonds is 8. The van der Waals surface area contributed by atoms with Crippen LogP contribution >= 0.6 is 15.9 Å². The minimum Gasteiger partial charge on any atom is -0.492 e. The van der Waals surface area contributed by atoms with Gasteiger partial charge in [0.2, 0.25) is 5.91 Å². The molecule has 2 amide bonds. The fourth-order valence-corrected chi connectivity index (χ4v) is 3.42. The van der Waals surface area contributed by atoms with E-state index in [1.165, 1.54) is 5.56 Å². The van der Waals surface area contributed by atoms with Crippen molar-refractivity contribution >= 4 is 39.1 Å². The number of amides is 2. The van der Waals surface area contributed by atoms with Crippen molar-refractivity contribution in [2.24, 2.45) is 0 Å². The summed E-state index contributed by atoms with van der Waals surface area (Å²) in [6.45, 7) is 4.12. The summed E-state index contributed by atoms with van der Waals surface area (Å²) < 4.78 is 6.72. The van der Waals surface area contributed by atoms with Crippen LogP contribution < -0.4 is 15.4 Å². The van der Waals surface area contributed by atoms with Gasteiger partial charge in [0, 0.05) is 28.7 Å². The third-order valence-corrected chi connectivity index (χ3v) is 5.35. The maximum atomic E-state index is 13.1. The summed E-state index contributed by atoms with van der Waals surface area (Å²) in [5.74, 6) is 0.162. The monoisotopic (exact) mass is 480 g/mol. The average molecular weight is 481 g/mol. The molecule has 6 heteroatoms. The summed E-state index contributed by atoms with van der Waals surface area (Å²) >= 11 is 3.43. The van der Waals surface area contributed by atoms with Gasteiger partial charge >= 0.3 is 0 Å². The zero-order valence-corrected chi connectivity index (χ0v) is 19.2. The van der Waals surface area contributed by atoms with Crippen molar-refractivity contribution in [2.45, 2.75) is 26.7 Å². The fraction of sp³-hybridized carbons (Fsp3) is 0.200. The number of carbonyl (C=O) groups is 2. The molecule has 160 valence electrons. The lowest BCUT2D eigenvalue weighted by Gasteiger charge is -2.15. The van der Waals surface area contributed by atoms with E-state index in [1.54, 1.807) is 25.1 Å². The van der Waals surface area contributed by atoms with E-state index in [1.807, 2.05) is 55.5 Å². The van der Waals surface area contributed by atoms with Crippen LogP contribution in [0.2, 0.25) is 0 Å². The summed E-state index contributed by atoms with van der Waals surface area (Å²) in [6, 6.07) is 20.9. The highest BCUT2D eigenvalue weighted by molar-refractivity contribution is 9.10. The Bertz CT molecular complexity index is 1070. The highest BCUT2D eigenvalue weighted by Crippen LogP contribution is 2.27. The second kappa shape index (κ2) is 10.8. The normalized spacial score (nSPS) is 10.4. The van der Waals surface area contributed by atoms with Crippen molar-refractivity contribution in [3.05, 3.63) is 87.9 Å². The third-order valence-electron chi connectivity index (χ3n) is 4.85. The van der Waals surface area contributed by atoms with Crippen LogP contribution in [0.3, 0.4) is 0 Å². The first-order chi connectivity index (χ1) is 15.0. The molecule has 3 aromatic rings. The molecule has 0 bridgehead atoms. The number of hydrogen-bond donors (Lipinski definition) is 2. The Morgan fingerprint density at radius 3 is 2.35 bits per heavy atom. The van der Waals surface area contributed by atoms with Crippen LogP contribution in [0.4, 0.5) is 11.4 Å². The first-order valence-electron chi connectivity index (χ1n) is 10.1. The van der Waals surface area contributed by atoms with Gasteiger partial charge in [-0.15, -0.1) is 0 Å². The van der Waals surface area contributed by atoms with Gasteiger partial charge in [0.25, 0.3) is 5.91 Å². The van der Waals surface area contributed by atoms with E-state index in [2.05, 4.69) is 26.6 Å². The van der Waals surface area contributed by atoms with Gasteiger partial charge in [-0.2, -0.15) is 0 Å². The number of halogens is 1. The van der Waals surface area contributed by atoms with Gasteiger partial charge in [0.05, 0.1) is 12.2 Å². The average Bonchev–Trinajstić information content (AvgIpc) is 2.78. The first-order valence-corrected chi connectivity index (χ1v) is 10.9. The van der Waals surface area contributed by atoms with Crippen molar-refractivity contribution in [1.82, 2.24) is 0 Å². The maximum Gasteiger partial charge on any atom is 0.259 e. The largest absolute Gasteiger partial charge is 0.492 e. The van der Waals surface area contributed by atoms with Crippen LogP contribution in [0.1, 0.15) is 34.8 Å². The number of carbonyl (C=O) groups excluding carboxylic acids is 2. The minimum atomic E-state index is -0.280. The molecule has 0 fully saturated rings. The highest BCUT2D eigenvalue weighted by Gasteiger charge is 2.16. The summed E-state index contributed by atoms with van der Waals surface area (Å²) in [5, 5.41) is 5.80. The zero-order valence-electron chi connectivity index (χ0n) is 17.6. The number of ether oxygens (including phenoxy) is 1. The number of anilines is 2. The van der Waals surface area contributed by atoms with Crippen LogP contribution in [-0.4, -0.2) is 18.4 Å². The Morgan fingerprint density at radius 2 is 1.65 bits per heavy atom. The van der Waals surface area contributed by atoms with Crippen molar-refractivity contribution in [3.8, 4) is 5.75 Å². The summed E-state index contributed by atoms with van der Waals surface area (Å²) in [6.07, 6.45) is 1.13. The van der Waals surface area contributed by atoms with Gasteiger partial charge in [0.15, 0.2) is 0 Å². The standard InChI is InChI=1S/C25H25BrN2O3/c1-3-24(29)27-21-10-7-11-22(17(21)2)28-25(30)20-16-19(26)12-13-23(20)31-15-14-18-8-5-4-6-9-18/h4-13,16H,3,14-15H2,1-2H3,(H,27,29)(H,28,30). The first kappa shape index (κ1) is 22.6. The third kappa shape index (κ3) is 6.18. The molecule has 3 rings (SSSR count). The lowest BCUT2D eigenvalue weighted by molar-refractivity contribution is -0.115. The summed E-state index contributed by atoms with van der Waals surface area (Å²) in [5.41, 5.74) is 3.71. The van der Waals surface area contributed by atoms with Crippen molar-refractivity contribution in [2.75, 3.05) is 17.2 Å². The van der Waals surface area contributed by atoms with Crippen LogP contribution in [0.25, 0.3) is 0 Å². The Balaban J connectivity index is 1.75. The Hall–Kier alpha value is -3.12. The smallest absolute Gasteiger partial charge is 0.259 e. The molecule has 0 saturated heterocycles. The lowest BCUT2D eigenvalue weighted by Crippen LogP contribution is -2.16. The van der Waals surface area contributed by atoms with E-state index < -0.39 is 0 Å². The quantitative estimate of drug-likeness (QED) is 0.416. The molecule has 0 aliphatic rings. The van der Waals surface area contributed by atoms with Crippen molar-refractivity contribution in [1.29, 1.82) is 0 Å². The number of hydrogen-bond acceptors (Lipinski definition) is 3. The van der Waals surface area contributed by atoms with E-state index in [4.69, 9.17) is 4.74 Å². The van der Waals surface area contributed by atoms with Gasteiger partial charge in [0.1, 0.15) is 5.75 Å². The van der Waals surface area contributed by atoms with E-state index in [0.29, 0.717) is 35.7 Å². The van der Waals surface area contributed by atoms with Crippen LogP contribution in [-0.2, 0) is 11.2 Å². The predicted molar refractivity (Wildman–Crippen MR) is 128 cm³/mol. The number of nitrogens with one attached hydrogen (secondary N) is 2. The molecule has 0 radical (unpaired) electrons. The van der Waals surface area contributed by atoms with Gasteiger partial charge in [-0.3, -0.25) is 9.59 Å². The maximum absolute atomic E-state index is 13.1. The lowest BCUT2D eigenvalue weighted by atomic mass is 10.1. The zero-order chi connectivity index (χ0) is 22.2. The molecule has 31 heavy (non-hydrogen) atoms. The Labute approximate surface area is 191 Å². The number of benzene rings is 3. The predicted octanol–water partition coefficient (Wildman–Crippen LogP) is 5.98. The second-order valence-corrected chi connectivity index (χ2v) is 7.97. The molecule has 0 aromatic heterocycles. The van der Waals surface area contributed by atoms with Crippen LogP contribution in [0.15, 0.2) is 71.2 Å². The minimum absolute atomic E-state index is 0.0762. The fourth-order valence-electron chi connectivity index (χ4n) is 3.06. The van der Waals surface area contributed by atoms with E-state index >= 15 is 0 Å². The van der Waals surface area contributed by atoms with Gasteiger partial charge in [-0.05, 0) is 48.4 Å². The molecule has 0 saturated carbocycles. The van der Waals surface area contributed by atoms with E-state index in [-0.39, 0.29) is 11.8 Å². The van der Waals surface area contributed by atoms with Gasteiger partial charge in [-0.25, -0.2) is 0 Å². The Kier molecular flexibility index (Phi) is 7.84. The van der Waals surface area contributed by atoms with Gasteiger partial charge < -0.3 is 15.4 Å². The molecule has 0 atom stereocenters. The summed E-state index contributed by atoms with van der Waals surface area (Å²) in [7, 11) is 0. The topological polar surface area (TPSA) is 67.4 Å². The molecule has 3 aromatic carbocycles. The highest BCUT2D eigenvalue weighted by atomic mass is 79.9. The SMILES string of the molecule is CCC(=O)Nc1cccc(NC(=O)c2cc(Br)ccc2OCCc2ccccc2)c1C. The summed E-state index contributed by atoms with van der Waals surface area (Å²) in [4.78, 5) is 24.8. The van der Waals surface area contributed by atoms with Crippen LogP contribution in [0.5, 0.6) is 5.75 Å². The molecule has 5 nitrogen and oxygen atoms in total.